The van der Waals surface area contributed by atoms with Crippen LogP contribution >= 0.6 is 0 Å². The summed E-state index contributed by atoms with van der Waals surface area (Å²) >= 11 is 0. The maximum atomic E-state index is 13.0. The number of amides is 3. The van der Waals surface area contributed by atoms with E-state index < -0.39 is 11.7 Å². The van der Waals surface area contributed by atoms with Crippen molar-refractivity contribution in [3.05, 3.63) is 59.9 Å². The summed E-state index contributed by atoms with van der Waals surface area (Å²) in [5.41, 5.74) is 1.08. The molecule has 0 radical (unpaired) electrons. The molecule has 0 spiro atoms. The summed E-state index contributed by atoms with van der Waals surface area (Å²) in [6.45, 7) is 0.264. The zero-order valence-electron chi connectivity index (χ0n) is 16.1. The fourth-order valence-corrected chi connectivity index (χ4v) is 2.47. The molecule has 0 saturated carbocycles. The topological polar surface area (TPSA) is 83.0 Å². The van der Waals surface area contributed by atoms with Crippen molar-refractivity contribution in [1.82, 2.24) is 4.90 Å². The van der Waals surface area contributed by atoms with Crippen LogP contribution in [0.4, 0.5) is 15.8 Å². The number of hydrogen-bond acceptors (Lipinski definition) is 3. The zero-order chi connectivity index (χ0) is 20.7. The first-order valence-corrected chi connectivity index (χ1v) is 8.73. The predicted molar refractivity (Wildman–Crippen MR) is 105 cm³/mol. The Morgan fingerprint density at radius 3 is 2.25 bits per heavy atom. The Hall–Kier alpha value is -3.26. The summed E-state index contributed by atoms with van der Waals surface area (Å²) in [5.74, 6) is -1.22. The summed E-state index contributed by atoms with van der Waals surface area (Å²) in [4.78, 5) is 38.8. The predicted octanol–water partition coefficient (Wildman–Crippen LogP) is 0.619. The van der Waals surface area contributed by atoms with Crippen molar-refractivity contribution < 1.29 is 23.7 Å². The summed E-state index contributed by atoms with van der Waals surface area (Å²) < 4.78 is 13.0. The lowest BCUT2D eigenvalue weighted by Crippen LogP contribution is -3.11. The normalized spacial score (nSPS) is 11.4. The second-order valence-corrected chi connectivity index (χ2v) is 6.65. The van der Waals surface area contributed by atoms with Gasteiger partial charge in [0.15, 0.2) is 13.1 Å². The van der Waals surface area contributed by atoms with E-state index in [0.717, 1.165) is 4.90 Å². The molecule has 0 aliphatic carbocycles. The Kier molecular flexibility index (Phi) is 7.22. The van der Waals surface area contributed by atoms with Crippen LogP contribution in [0.2, 0.25) is 0 Å². The number of quaternary nitrogens is 1. The highest BCUT2D eigenvalue weighted by molar-refractivity contribution is 6.10. The van der Waals surface area contributed by atoms with Crippen LogP contribution in [0.1, 0.15) is 10.4 Å². The number of benzene rings is 2. The van der Waals surface area contributed by atoms with E-state index in [2.05, 4.69) is 10.6 Å². The molecule has 3 N–H and O–H groups in total. The minimum absolute atomic E-state index is 0.0769. The molecule has 0 bridgehead atoms. The fraction of sp³-hybridized carbons (Fsp3) is 0.250. The van der Waals surface area contributed by atoms with E-state index in [0.29, 0.717) is 11.4 Å². The largest absolute Gasteiger partial charge is 0.344 e. The van der Waals surface area contributed by atoms with Gasteiger partial charge in [-0.3, -0.25) is 14.4 Å². The molecule has 0 aliphatic heterocycles. The molecule has 0 saturated heterocycles. The number of halogens is 1. The van der Waals surface area contributed by atoms with E-state index in [-0.39, 0.29) is 30.5 Å². The third-order valence-corrected chi connectivity index (χ3v) is 3.96. The number of para-hydroxylation sites is 1. The van der Waals surface area contributed by atoms with E-state index >= 15 is 0 Å². The van der Waals surface area contributed by atoms with Gasteiger partial charge in [0.05, 0.1) is 18.3 Å². The van der Waals surface area contributed by atoms with Crippen molar-refractivity contribution in [3.63, 3.8) is 0 Å². The second-order valence-electron chi connectivity index (χ2n) is 6.65. The molecule has 3 amide bonds. The summed E-state index contributed by atoms with van der Waals surface area (Å²) in [6, 6.07) is 12.0. The van der Waals surface area contributed by atoms with E-state index in [4.69, 9.17) is 0 Å². The third-order valence-electron chi connectivity index (χ3n) is 3.96. The Balaban J connectivity index is 2.02. The van der Waals surface area contributed by atoms with Crippen LogP contribution in [0.25, 0.3) is 0 Å². The average molecular weight is 387 g/mol. The van der Waals surface area contributed by atoms with Gasteiger partial charge in [0.25, 0.3) is 17.7 Å². The van der Waals surface area contributed by atoms with Gasteiger partial charge in [0.2, 0.25) is 0 Å². The monoisotopic (exact) mass is 387 g/mol. The summed E-state index contributed by atoms with van der Waals surface area (Å²) in [7, 11) is 5.06. The molecule has 2 aromatic carbocycles. The van der Waals surface area contributed by atoms with Gasteiger partial charge in [0.1, 0.15) is 5.82 Å². The SMILES string of the molecule is CN(C)C(=O)C[NH+](C)CC(=O)Nc1ccccc1C(=O)Nc1ccc(F)cc1. The van der Waals surface area contributed by atoms with Gasteiger partial charge in [-0.25, -0.2) is 4.39 Å². The van der Waals surface area contributed by atoms with Crippen LogP contribution in [0.3, 0.4) is 0 Å². The Morgan fingerprint density at radius 1 is 0.964 bits per heavy atom. The van der Waals surface area contributed by atoms with Crippen LogP contribution < -0.4 is 15.5 Å². The Morgan fingerprint density at radius 2 is 1.61 bits per heavy atom. The maximum absolute atomic E-state index is 13.0. The smallest absolute Gasteiger partial charge is 0.279 e. The van der Waals surface area contributed by atoms with Crippen molar-refractivity contribution in [2.45, 2.75) is 0 Å². The number of nitrogens with zero attached hydrogens (tertiary/aromatic N) is 1. The van der Waals surface area contributed by atoms with Gasteiger partial charge in [-0.05, 0) is 36.4 Å². The highest BCUT2D eigenvalue weighted by Crippen LogP contribution is 2.17. The number of hydrogen-bond donors (Lipinski definition) is 3. The third kappa shape index (κ3) is 6.17. The summed E-state index contributed by atoms with van der Waals surface area (Å²) in [5, 5.41) is 5.38. The number of rotatable bonds is 7. The van der Waals surface area contributed by atoms with Crippen molar-refractivity contribution >= 4 is 29.1 Å². The number of carbonyl (C=O) groups excluding carboxylic acids is 3. The van der Waals surface area contributed by atoms with Crippen molar-refractivity contribution in [1.29, 1.82) is 0 Å². The van der Waals surface area contributed by atoms with Gasteiger partial charge in [0, 0.05) is 19.8 Å². The highest BCUT2D eigenvalue weighted by Gasteiger charge is 2.18. The Labute approximate surface area is 163 Å². The molecular weight excluding hydrogens is 363 g/mol. The van der Waals surface area contributed by atoms with Gasteiger partial charge >= 0.3 is 0 Å². The van der Waals surface area contributed by atoms with Crippen LogP contribution in [0, 0.1) is 5.82 Å². The fourth-order valence-electron chi connectivity index (χ4n) is 2.47. The van der Waals surface area contributed by atoms with E-state index in [1.165, 1.54) is 29.2 Å². The quantitative estimate of drug-likeness (QED) is 0.651. The lowest BCUT2D eigenvalue weighted by molar-refractivity contribution is -0.862. The van der Waals surface area contributed by atoms with Gasteiger partial charge in [-0.2, -0.15) is 0 Å². The molecule has 1 unspecified atom stereocenters. The molecule has 2 aromatic rings. The maximum Gasteiger partial charge on any atom is 0.279 e. The van der Waals surface area contributed by atoms with Gasteiger partial charge in [-0.1, -0.05) is 12.1 Å². The number of likely N-dealkylation sites (N-methyl/N-ethyl adjacent to an activating group) is 2. The molecule has 1 atom stereocenters. The summed E-state index contributed by atoms with van der Waals surface area (Å²) in [6.07, 6.45) is 0. The standard InChI is InChI=1S/C20H23FN4O3/c1-24(2)19(27)13-25(3)12-18(26)23-17-7-5-4-6-16(17)20(28)22-15-10-8-14(21)9-11-15/h4-11H,12-13H2,1-3H3,(H,22,28)(H,23,26)/p+1. The lowest BCUT2D eigenvalue weighted by Gasteiger charge is -2.17. The molecule has 148 valence electrons. The van der Waals surface area contributed by atoms with E-state index in [1.54, 1.807) is 45.4 Å². The molecule has 0 aromatic heterocycles. The van der Waals surface area contributed by atoms with Crippen molar-refractivity contribution in [2.24, 2.45) is 0 Å². The number of nitrogens with one attached hydrogen (secondary N) is 3. The molecule has 7 nitrogen and oxygen atoms in total. The second kappa shape index (κ2) is 9.61. The van der Waals surface area contributed by atoms with Crippen LogP contribution in [0.5, 0.6) is 0 Å². The first-order chi connectivity index (χ1) is 13.3. The molecule has 0 aliphatic rings. The molecule has 0 fully saturated rings. The molecule has 8 heteroatoms. The Bertz CT molecular complexity index is 853. The minimum Gasteiger partial charge on any atom is -0.344 e. The number of anilines is 2. The average Bonchev–Trinajstić information content (AvgIpc) is 2.63. The van der Waals surface area contributed by atoms with Crippen LogP contribution in [0.15, 0.2) is 48.5 Å². The molecule has 28 heavy (non-hydrogen) atoms. The van der Waals surface area contributed by atoms with Crippen LogP contribution in [-0.2, 0) is 9.59 Å². The van der Waals surface area contributed by atoms with Gasteiger partial charge < -0.3 is 20.4 Å². The van der Waals surface area contributed by atoms with E-state index in [1.807, 2.05) is 0 Å². The van der Waals surface area contributed by atoms with E-state index in [9.17, 15) is 18.8 Å². The molecular formula is C20H24FN4O3+. The van der Waals surface area contributed by atoms with Crippen molar-refractivity contribution in [3.8, 4) is 0 Å². The first kappa shape index (κ1) is 21.0. The molecule has 2 rings (SSSR count). The highest BCUT2D eigenvalue weighted by atomic mass is 19.1. The van der Waals surface area contributed by atoms with Crippen LogP contribution in [-0.4, -0.2) is 56.9 Å². The number of carbonyl (C=O) groups is 3. The van der Waals surface area contributed by atoms with Crippen molar-refractivity contribution in [2.75, 3.05) is 44.9 Å². The first-order valence-electron chi connectivity index (χ1n) is 8.73. The molecule has 0 heterocycles. The zero-order valence-corrected chi connectivity index (χ0v) is 16.1. The minimum atomic E-state index is -0.425. The lowest BCUT2D eigenvalue weighted by atomic mass is 10.1. The van der Waals surface area contributed by atoms with Gasteiger partial charge in [-0.15, -0.1) is 0 Å².